The number of carbonyl (C=O) groups excluding carboxylic acids is 1. The van der Waals surface area contributed by atoms with Gasteiger partial charge in [-0.25, -0.2) is 4.79 Å². The average Bonchev–Trinajstić information content (AvgIpc) is 3.01. The fraction of sp³-hybridized carbons (Fsp3) is 0.125. The van der Waals surface area contributed by atoms with Gasteiger partial charge >= 0.3 is 5.97 Å². The molecule has 0 N–H and O–H groups in total. The van der Waals surface area contributed by atoms with Gasteiger partial charge in [0.15, 0.2) is 0 Å². The minimum absolute atomic E-state index is 0.0118. The molecule has 7 nitrogen and oxygen atoms in total. The van der Waals surface area contributed by atoms with Crippen LogP contribution in [-0.2, 0) is 9.53 Å². The molecule has 2 aromatic rings. The number of hydrogen-bond acceptors (Lipinski definition) is 5. The Morgan fingerprint density at radius 1 is 1.39 bits per heavy atom. The molecule has 116 valence electrons. The summed E-state index contributed by atoms with van der Waals surface area (Å²) in [5.41, 5.74) is 1.13. The molecule has 0 saturated carbocycles. The van der Waals surface area contributed by atoms with Crippen LogP contribution in [0.25, 0.3) is 11.8 Å². The van der Waals surface area contributed by atoms with Crippen LogP contribution in [0.3, 0.4) is 0 Å². The largest absolute Gasteiger partial charge is 0.462 e. The van der Waals surface area contributed by atoms with Crippen LogP contribution in [0.5, 0.6) is 0 Å². The molecule has 0 atom stereocenters. The number of nitriles is 1. The highest BCUT2D eigenvalue weighted by Crippen LogP contribution is 2.19. The van der Waals surface area contributed by atoms with Gasteiger partial charge in [-0.3, -0.25) is 10.1 Å². The lowest BCUT2D eigenvalue weighted by Gasteiger charge is -2.07. The van der Waals surface area contributed by atoms with Gasteiger partial charge < -0.3 is 9.30 Å². The van der Waals surface area contributed by atoms with Crippen LogP contribution >= 0.6 is 0 Å². The SMILES string of the molecule is CCOC(=O)/C(C#N)=C\c1cccn1-c1ccc([N+](=O)[O-])cc1. The van der Waals surface area contributed by atoms with E-state index in [0.717, 1.165) is 0 Å². The first-order valence-corrected chi connectivity index (χ1v) is 6.78. The van der Waals surface area contributed by atoms with Crippen LogP contribution in [0.15, 0.2) is 48.2 Å². The molecule has 0 bridgehead atoms. The lowest BCUT2D eigenvalue weighted by atomic mass is 10.2. The monoisotopic (exact) mass is 311 g/mol. The maximum absolute atomic E-state index is 11.7. The predicted octanol–water partition coefficient (Wildman–Crippen LogP) is 2.86. The number of rotatable bonds is 5. The zero-order valence-electron chi connectivity index (χ0n) is 12.3. The molecule has 23 heavy (non-hydrogen) atoms. The minimum Gasteiger partial charge on any atom is -0.462 e. The normalized spacial score (nSPS) is 10.9. The van der Waals surface area contributed by atoms with Crippen molar-refractivity contribution < 1.29 is 14.5 Å². The lowest BCUT2D eigenvalue weighted by Crippen LogP contribution is -2.06. The van der Waals surface area contributed by atoms with E-state index in [4.69, 9.17) is 10.00 Å². The van der Waals surface area contributed by atoms with Crippen LogP contribution in [0.2, 0.25) is 0 Å². The van der Waals surface area contributed by atoms with E-state index < -0.39 is 10.9 Å². The van der Waals surface area contributed by atoms with Crippen molar-refractivity contribution in [3.63, 3.8) is 0 Å². The van der Waals surface area contributed by atoms with Crippen LogP contribution in [0.1, 0.15) is 12.6 Å². The Bertz CT molecular complexity index is 797. The molecule has 0 spiro atoms. The van der Waals surface area contributed by atoms with Gasteiger partial charge in [0.1, 0.15) is 11.6 Å². The Kier molecular flexibility index (Phi) is 4.89. The van der Waals surface area contributed by atoms with Crippen molar-refractivity contribution in [2.24, 2.45) is 0 Å². The quantitative estimate of drug-likeness (QED) is 0.278. The van der Waals surface area contributed by atoms with Gasteiger partial charge in [0.05, 0.1) is 11.5 Å². The molecule has 0 aliphatic rings. The summed E-state index contributed by atoms with van der Waals surface area (Å²) in [5.74, 6) is -0.688. The van der Waals surface area contributed by atoms with Gasteiger partial charge in [-0.2, -0.15) is 5.26 Å². The van der Waals surface area contributed by atoms with Gasteiger partial charge in [-0.1, -0.05) is 0 Å². The topological polar surface area (TPSA) is 98.2 Å². The number of ether oxygens (including phenoxy) is 1. The van der Waals surface area contributed by atoms with Gasteiger partial charge in [0, 0.05) is 29.7 Å². The van der Waals surface area contributed by atoms with E-state index in [9.17, 15) is 14.9 Å². The van der Waals surface area contributed by atoms with Crippen molar-refractivity contribution in [2.45, 2.75) is 6.92 Å². The van der Waals surface area contributed by atoms with E-state index in [1.165, 1.54) is 18.2 Å². The third-order valence-corrected chi connectivity index (χ3v) is 3.03. The third kappa shape index (κ3) is 3.63. The summed E-state index contributed by atoms with van der Waals surface area (Å²) in [7, 11) is 0. The highest BCUT2D eigenvalue weighted by Gasteiger charge is 2.12. The van der Waals surface area contributed by atoms with Gasteiger partial charge in [-0.15, -0.1) is 0 Å². The minimum atomic E-state index is -0.688. The molecule has 1 heterocycles. The molecular formula is C16H13N3O4. The van der Waals surface area contributed by atoms with Crippen molar-refractivity contribution in [2.75, 3.05) is 6.61 Å². The summed E-state index contributed by atoms with van der Waals surface area (Å²) in [6.07, 6.45) is 3.15. The molecule has 0 aliphatic carbocycles. The van der Waals surface area contributed by atoms with Crippen LogP contribution in [0, 0.1) is 21.4 Å². The summed E-state index contributed by atoms with van der Waals surface area (Å²) in [4.78, 5) is 21.9. The van der Waals surface area contributed by atoms with E-state index in [-0.39, 0.29) is 17.9 Å². The van der Waals surface area contributed by atoms with Crippen molar-refractivity contribution in [1.29, 1.82) is 5.26 Å². The van der Waals surface area contributed by atoms with E-state index in [2.05, 4.69) is 0 Å². The first-order valence-electron chi connectivity index (χ1n) is 6.78. The molecule has 0 unspecified atom stereocenters. The second-order valence-corrected chi connectivity index (χ2v) is 4.47. The molecule has 1 aromatic carbocycles. The summed E-state index contributed by atoms with van der Waals surface area (Å²) < 4.78 is 6.53. The summed E-state index contributed by atoms with van der Waals surface area (Å²) in [6.45, 7) is 1.84. The van der Waals surface area contributed by atoms with Crippen molar-refractivity contribution in [3.8, 4) is 11.8 Å². The molecule has 0 amide bonds. The Labute approximate surface area is 132 Å². The molecule has 0 saturated heterocycles. The van der Waals surface area contributed by atoms with E-state index in [1.54, 1.807) is 42.0 Å². The number of non-ortho nitro benzene ring substituents is 1. The molecule has 1 aromatic heterocycles. The molecule has 7 heteroatoms. The smallest absolute Gasteiger partial charge is 0.348 e. The zero-order valence-corrected chi connectivity index (χ0v) is 12.3. The number of nitro benzene ring substituents is 1. The number of aromatic nitrogens is 1. The Morgan fingerprint density at radius 2 is 2.09 bits per heavy atom. The van der Waals surface area contributed by atoms with Crippen molar-refractivity contribution in [3.05, 3.63) is 64.0 Å². The number of nitro groups is 1. The van der Waals surface area contributed by atoms with Crippen molar-refractivity contribution >= 4 is 17.7 Å². The first-order chi connectivity index (χ1) is 11.1. The standard InChI is InChI=1S/C16H13N3O4/c1-2-23-16(20)12(11-17)10-15-4-3-9-18(15)13-5-7-14(8-6-13)19(21)22/h3-10H,2H2,1H3/b12-10-. The highest BCUT2D eigenvalue weighted by atomic mass is 16.6. The maximum atomic E-state index is 11.7. The van der Waals surface area contributed by atoms with Crippen LogP contribution in [-0.4, -0.2) is 22.1 Å². The van der Waals surface area contributed by atoms with Crippen molar-refractivity contribution in [1.82, 2.24) is 4.57 Å². The first kappa shape index (κ1) is 16.0. The predicted molar refractivity (Wildman–Crippen MR) is 82.6 cm³/mol. The van der Waals surface area contributed by atoms with E-state index in [1.807, 2.05) is 6.07 Å². The third-order valence-electron chi connectivity index (χ3n) is 3.03. The molecule has 0 fully saturated rings. The number of benzene rings is 1. The Morgan fingerprint density at radius 3 is 2.65 bits per heavy atom. The highest BCUT2D eigenvalue weighted by molar-refractivity contribution is 5.97. The van der Waals surface area contributed by atoms with Gasteiger partial charge in [0.25, 0.3) is 5.69 Å². The average molecular weight is 311 g/mol. The van der Waals surface area contributed by atoms with E-state index in [0.29, 0.717) is 11.4 Å². The molecule has 2 rings (SSSR count). The number of hydrogen-bond donors (Lipinski definition) is 0. The fourth-order valence-electron chi connectivity index (χ4n) is 1.98. The second-order valence-electron chi connectivity index (χ2n) is 4.47. The maximum Gasteiger partial charge on any atom is 0.348 e. The molecular weight excluding hydrogens is 298 g/mol. The number of carbonyl (C=O) groups is 1. The fourth-order valence-corrected chi connectivity index (χ4v) is 1.98. The van der Waals surface area contributed by atoms with Crippen LogP contribution in [0.4, 0.5) is 5.69 Å². The zero-order chi connectivity index (χ0) is 16.8. The summed E-state index contributed by atoms with van der Waals surface area (Å²) in [5, 5.41) is 19.8. The number of nitrogens with zero attached hydrogens (tertiary/aromatic N) is 3. The Hall–Kier alpha value is -3.40. The molecule has 0 radical (unpaired) electrons. The summed E-state index contributed by atoms with van der Waals surface area (Å²) in [6, 6.07) is 11.2. The molecule has 0 aliphatic heterocycles. The van der Waals surface area contributed by atoms with E-state index >= 15 is 0 Å². The second kappa shape index (κ2) is 7.04. The van der Waals surface area contributed by atoms with Gasteiger partial charge in [0.2, 0.25) is 0 Å². The summed E-state index contributed by atoms with van der Waals surface area (Å²) >= 11 is 0. The lowest BCUT2D eigenvalue weighted by molar-refractivity contribution is -0.384. The Balaban J connectivity index is 2.37. The van der Waals surface area contributed by atoms with Crippen LogP contribution < -0.4 is 0 Å². The number of esters is 1. The van der Waals surface area contributed by atoms with Gasteiger partial charge in [-0.05, 0) is 37.3 Å².